The Morgan fingerprint density at radius 3 is 2.16 bits per heavy atom. The Morgan fingerprint density at radius 1 is 0.840 bits per heavy atom. The number of carbonyl (C=O) groups excluding carboxylic acids is 1. The van der Waals surface area contributed by atoms with Gasteiger partial charge in [-0.3, -0.25) is 4.79 Å². The number of benzene rings is 2. The van der Waals surface area contributed by atoms with Crippen LogP contribution in [0.1, 0.15) is 55.6 Å². The van der Waals surface area contributed by atoms with Gasteiger partial charge in [-0.15, -0.1) is 0 Å². The molecule has 0 aromatic heterocycles. The molecule has 1 unspecified atom stereocenters. The second-order valence-corrected chi connectivity index (χ2v) is 7.11. The first kappa shape index (κ1) is 16.1. The highest BCUT2D eigenvalue weighted by molar-refractivity contribution is 6.07. The third-order valence-corrected chi connectivity index (χ3v) is 5.53. The van der Waals surface area contributed by atoms with Crippen LogP contribution in [-0.2, 0) is 4.79 Å². The molecule has 2 aromatic carbocycles. The molecule has 126 valence electrons. The van der Waals surface area contributed by atoms with Gasteiger partial charge in [0.2, 0.25) is 0 Å². The molecule has 0 spiro atoms. The molecule has 1 heteroatoms. The predicted octanol–water partition coefficient (Wildman–Crippen LogP) is 6.09. The summed E-state index contributed by atoms with van der Waals surface area (Å²) in [5.74, 6) is 0.955. The lowest BCUT2D eigenvalue weighted by molar-refractivity contribution is -0.114. The molecule has 25 heavy (non-hydrogen) atoms. The Kier molecular flexibility index (Phi) is 4.65. The first-order valence-corrected chi connectivity index (χ1v) is 9.39. The molecule has 0 N–H and O–H groups in total. The molecule has 0 bridgehead atoms. The van der Waals surface area contributed by atoms with Gasteiger partial charge in [-0.2, -0.15) is 0 Å². The average molecular weight is 328 g/mol. The van der Waals surface area contributed by atoms with Crippen LogP contribution in [0, 0.1) is 0 Å². The Morgan fingerprint density at radius 2 is 1.56 bits per heavy atom. The van der Waals surface area contributed by atoms with E-state index in [0.29, 0.717) is 18.1 Å². The van der Waals surface area contributed by atoms with Crippen molar-refractivity contribution in [3.63, 3.8) is 0 Å². The van der Waals surface area contributed by atoms with E-state index in [0.717, 1.165) is 37.7 Å². The van der Waals surface area contributed by atoms with Crippen LogP contribution in [0.4, 0.5) is 0 Å². The number of hydrogen-bond donors (Lipinski definition) is 0. The van der Waals surface area contributed by atoms with Gasteiger partial charge in [0.1, 0.15) is 0 Å². The van der Waals surface area contributed by atoms with E-state index in [4.69, 9.17) is 0 Å². The van der Waals surface area contributed by atoms with E-state index in [9.17, 15) is 4.79 Å². The predicted molar refractivity (Wildman–Crippen MR) is 103 cm³/mol. The molecule has 2 aliphatic rings. The summed E-state index contributed by atoms with van der Waals surface area (Å²) < 4.78 is 0. The van der Waals surface area contributed by atoms with Gasteiger partial charge in [0.25, 0.3) is 0 Å². The maximum Gasteiger partial charge on any atom is 0.159 e. The fourth-order valence-corrected chi connectivity index (χ4v) is 4.23. The Hall–Kier alpha value is -2.41. The Balaban J connectivity index is 1.68. The first-order valence-electron chi connectivity index (χ1n) is 9.39. The second-order valence-electron chi connectivity index (χ2n) is 7.11. The topological polar surface area (TPSA) is 17.1 Å². The molecule has 2 aromatic rings. The zero-order chi connectivity index (χ0) is 17.1. The van der Waals surface area contributed by atoms with Crippen molar-refractivity contribution in [3.8, 4) is 0 Å². The van der Waals surface area contributed by atoms with Crippen molar-refractivity contribution >= 4 is 11.4 Å². The monoisotopic (exact) mass is 328 g/mol. The molecule has 1 atom stereocenters. The number of hydrogen-bond acceptors (Lipinski definition) is 1. The summed E-state index contributed by atoms with van der Waals surface area (Å²) in [7, 11) is 0. The van der Waals surface area contributed by atoms with E-state index >= 15 is 0 Å². The van der Waals surface area contributed by atoms with Gasteiger partial charge >= 0.3 is 0 Å². The van der Waals surface area contributed by atoms with E-state index in [1.807, 2.05) is 6.07 Å². The molecule has 0 amide bonds. The van der Waals surface area contributed by atoms with Gasteiger partial charge in [0.15, 0.2) is 5.78 Å². The maximum absolute atomic E-state index is 12.4. The van der Waals surface area contributed by atoms with Gasteiger partial charge < -0.3 is 0 Å². The van der Waals surface area contributed by atoms with Crippen LogP contribution in [-0.4, -0.2) is 5.78 Å². The normalized spacial score (nSPS) is 22.6. The zero-order valence-corrected chi connectivity index (χ0v) is 14.6. The summed E-state index contributed by atoms with van der Waals surface area (Å²) in [5, 5.41) is 0. The molecule has 1 saturated carbocycles. The van der Waals surface area contributed by atoms with Crippen molar-refractivity contribution in [2.75, 3.05) is 0 Å². The van der Waals surface area contributed by atoms with Crippen LogP contribution >= 0.6 is 0 Å². The summed E-state index contributed by atoms with van der Waals surface area (Å²) in [5.41, 5.74) is 6.31. The average Bonchev–Trinajstić information content (AvgIpc) is 3.10. The third kappa shape index (κ3) is 3.37. The smallest absolute Gasteiger partial charge is 0.159 e. The molecule has 0 radical (unpaired) electrons. The molecular formula is C24H24O. The lowest BCUT2D eigenvalue weighted by atomic mass is 9.79. The molecule has 0 heterocycles. The van der Waals surface area contributed by atoms with Crippen LogP contribution in [0.3, 0.4) is 0 Å². The molecule has 0 saturated heterocycles. The van der Waals surface area contributed by atoms with Crippen LogP contribution in [0.5, 0.6) is 0 Å². The van der Waals surface area contributed by atoms with Crippen molar-refractivity contribution in [1.82, 2.24) is 0 Å². The fraction of sp³-hybridized carbons (Fsp3) is 0.292. The van der Waals surface area contributed by atoms with Crippen molar-refractivity contribution in [1.29, 1.82) is 0 Å². The largest absolute Gasteiger partial charge is 0.295 e. The van der Waals surface area contributed by atoms with Crippen molar-refractivity contribution in [2.45, 2.75) is 44.4 Å². The lowest BCUT2D eigenvalue weighted by Gasteiger charge is -2.25. The zero-order valence-electron chi connectivity index (χ0n) is 14.6. The molecule has 1 fully saturated rings. The number of carbonyl (C=O) groups is 1. The highest BCUT2D eigenvalue weighted by Gasteiger charge is 2.26. The van der Waals surface area contributed by atoms with Crippen molar-refractivity contribution in [3.05, 3.63) is 89.0 Å². The van der Waals surface area contributed by atoms with E-state index in [-0.39, 0.29) is 0 Å². The minimum absolute atomic E-state index is 0.352. The molecular weight excluding hydrogens is 304 g/mol. The number of ketones is 1. The van der Waals surface area contributed by atoms with Crippen molar-refractivity contribution < 1.29 is 4.79 Å². The van der Waals surface area contributed by atoms with Crippen LogP contribution in [0.25, 0.3) is 5.57 Å². The summed E-state index contributed by atoms with van der Waals surface area (Å²) in [6, 6.07) is 21.3. The van der Waals surface area contributed by atoms with Gasteiger partial charge in [0.05, 0.1) is 0 Å². The van der Waals surface area contributed by atoms with E-state index in [1.165, 1.54) is 22.3 Å². The fourth-order valence-electron chi connectivity index (χ4n) is 4.23. The quantitative estimate of drug-likeness (QED) is 0.623. The van der Waals surface area contributed by atoms with Gasteiger partial charge in [-0.05, 0) is 60.3 Å². The third-order valence-electron chi connectivity index (χ3n) is 5.53. The van der Waals surface area contributed by atoms with Gasteiger partial charge in [-0.25, -0.2) is 0 Å². The van der Waals surface area contributed by atoms with E-state index < -0.39 is 0 Å². The Labute approximate surface area is 150 Å². The molecule has 2 aliphatic carbocycles. The van der Waals surface area contributed by atoms with E-state index in [2.05, 4.69) is 60.7 Å². The van der Waals surface area contributed by atoms with Crippen LogP contribution < -0.4 is 0 Å². The number of rotatable bonds is 3. The highest BCUT2D eigenvalue weighted by atomic mass is 16.1. The summed E-state index contributed by atoms with van der Waals surface area (Å²) in [6.07, 6.45) is 8.33. The van der Waals surface area contributed by atoms with Gasteiger partial charge in [-0.1, -0.05) is 66.7 Å². The summed E-state index contributed by atoms with van der Waals surface area (Å²) in [6.45, 7) is 0. The minimum atomic E-state index is 0.352. The SMILES string of the molecule is O=C1CCC/C1=C(/C1=CCC(c2ccccc2)CC1)c1ccccc1. The number of allylic oxidation sites excluding steroid dienone is 4. The maximum atomic E-state index is 12.4. The van der Waals surface area contributed by atoms with Gasteiger partial charge in [0, 0.05) is 12.0 Å². The Bertz CT molecular complexity index is 812. The minimum Gasteiger partial charge on any atom is -0.295 e. The number of Topliss-reactive ketones (excluding diaryl/α,β-unsaturated/α-hetero) is 1. The summed E-state index contributed by atoms with van der Waals surface area (Å²) >= 11 is 0. The molecule has 1 nitrogen and oxygen atoms in total. The van der Waals surface area contributed by atoms with E-state index in [1.54, 1.807) is 0 Å². The molecule has 0 aliphatic heterocycles. The highest BCUT2D eigenvalue weighted by Crippen LogP contribution is 2.41. The van der Waals surface area contributed by atoms with Crippen molar-refractivity contribution in [2.24, 2.45) is 0 Å². The standard InChI is InChI=1S/C24H24O/c25-23-13-7-12-22(23)24(20-10-5-2-6-11-20)21-16-14-19(15-17-21)18-8-3-1-4-9-18/h1-6,8-11,16,19H,7,12-15,17H2/b24-22-. The van der Waals surface area contributed by atoms with Crippen LogP contribution in [0.2, 0.25) is 0 Å². The first-order chi connectivity index (χ1) is 12.3. The molecule has 4 rings (SSSR count). The second kappa shape index (κ2) is 7.23. The van der Waals surface area contributed by atoms with Crippen LogP contribution in [0.15, 0.2) is 77.9 Å². The summed E-state index contributed by atoms with van der Waals surface area (Å²) in [4.78, 5) is 12.4. The lowest BCUT2D eigenvalue weighted by Crippen LogP contribution is -2.08.